The summed E-state index contributed by atoms with van der Waals surface area (Å²) in [5, 5.41) is 6.98. The summed E-state index contributed by atoms with van der Waals surface area (Å²) in [6.45, 7) is 0. The summed E-state index contributed by atoms with van der Waals surface area (Å²) in [5.74, 6) is 0.926. The quantitative estimate of drug-likeness (QED) is 0.762. The first-order valence-corrected chi connectivity index (χ1v) is 7.47. The van der Waals surface area contributed by atoms with Crippen molar-refractivity contribution in [2.24, 2.45) is 7.05 Å². The summed E-state index contributed by atoms with van der Waals surface area (Å²) in [6, 6.07) is 11.9. The van der Waals surface area contributed by atoms with E-state index in [-0.39, 0.29) is 5.69 Å². The largest absolute Gasteiger partial charge is 0.419 e. The molecule has 3 rings (SSSR count). The molecular weight excluding hydrogens is 331 g/mol. The standard InChI is InChI=1S/C17H16F3N5/c1-24(12-6-4-3-5-7-12)14-10-15(21-11-13(14)17(18,19)20)23-16-8-9-22-25(16)2/h3-11H,1-2H3,(H,21,23). The van der Waals surface area contributed by atoms with Gasteiger partial charge < -0.3 is 10.2 Å². The number of hydrogen-bond donors (Lipinski definition) is 1. The molecule has 2 aromatic heterocycles. The third kappa shape index (κ3) is 3.57. The van der Waals surface area contributed by atoms with Gasteiger partial charge in [-0.3, -0.25) is 4.68 Å². The number of halogens is 3. The van der Waals surface area contributed by atoms with Crippen LogP contribution in [0, 0.1) is 0 Å². The molecule has 0 aliphatic rings. The Hall–Kier alpha value is -3.03. The van der Waals surface area contributed by atoms with Crippen LogP contribution in [0.5, 0.6) is 0 Å². The zero-order valence-corrected chi connectivity index (χ0v) is 13.6. The molecule has 0 amide bonds. The number of anilines is 4. The van der Waals surface area contributed by atoms with Gasteiger partial charge >= 0.3 is 6.18 Å². The van der Waals surface area contributed by atoms with Gasteiger partial charge in [0, 0.05) is 38.1 Å². The molecule has 0 saturated carbocycles. The Balaban J connectivity index is 2.03. The second kappa shape index (κ2) is 6.46. The molecule has 0 aliphatic carbocycles. The normalized spacial score (nSPS) is 11.4. The molecule has 25 heavy (non-hydrogen) atoms. The van der Waals surface area contributed by atoms with Crippen molar-refractivity contribution in [3.05, 3.63) is 60.4 Å². The molecule has 0 spiro atoms. The number of nitrogens with one attached hydrogen (secondary N) is 1. The summed E-state index contributed by atoms with van der Waals surface area (Å²) < 4.78 is 41.8. The van der Waals surface area contributed by atoms with Crippen molar-refractivity contribution in [2.75, 3.05) is 17.3 Å². The van der Waals surface area contributed by atoms with Crippen molar-refractivity contribution < 1.29 is 13.2 Å². The third-order valence-electron chi connectivity index (χ3n) is 3.77. The van der Waals surface area contributed by atoms with Gasteiger partial charge in [-0.25, -0.2) is 4.98 Å². The van der Waals surface area contributed by atoms with E-state index in [1.165, 1.54) is 11.0 Å². The fraction of sp³-hybridized carbons (Fsp3) is 0.176. The Labute approximate surface area is 142 Å². The van der Waals surface area contributed by atoms with E-state index >= 15 is 0 Å². The van der Waals surface area contributed by atoms with E-state index in [0.717, 1.165) is 6.20 Å². The van der Waals surface area contributed by atoms with Crippen LogP contribution in [-0.4, -0.2) is 21.8 Å². The van der Waals surface area contributed by atoms with Gasteiger partial charge in [0.15, 0.2) is 0 Å². The van der Waals surface area contributed by atoms with Crippen LogP contribution in [0.2, 0.25) is 0 Å². The Morgan fingerprint density at radius 1 is 1.12 bits per heavy atom. The molecule has 1 N–H and O–H groups in total. The fourth-order valence-corrected chi connectivity index (χ4v) is 2.43. The van der Waals surface area contributed by atoms with Gasteiger partial charge in [-0.2, -0.15) is 18.3 Å². The minimum absolute atomic E-state index is 0.0124. The smallest absolute Gasteiger partial charge is 0.344 e. The minimum atomic E-state index is -4.50. The van der Waals surface area contributed by atoms with E-state index in [9.17, 15) is 13.2 Å². The van der Waals surface area contributed by atoms with Crippen LogP contribution in [0.4, 0.5) is 36.2 Å². The molecule has 0 fully saturated rings. The van der Waals surface area contributed by atoms with Crippen molar-refractivity contribution in [3.63, 3.8) is 0 Å². The number of nitrogens with zero attached hydrogens (tertiary/aromatic N) is 4. The lowest BCUT2D eigenvalue weighted by atomic mass is 10.2. The highest BCUT2D eigenvalue weighted by Crippen LogP contribution is 2.39. The summed E-state index contributed by atoms with van der Waals surface area (Å²) in [6.07, 6.45) is -2.08. The van der Waals surface area contributed by atoms with Crippen LogP contribution in [0.3, 0.4) is 0 Å². The van der Waals surface area contributed by atoms with Crippen LogP contribution in [-0.2, 0) is 13.2 Å². The average molecular weight is 347 g/mol. The van der Waals surface area contributed by atoms with Gasteiger partial charge in [0.1, 0.15) is 11.6 Å². The molecule has 0 atom stereocenters. The maximum atomic E-state index is 13.4. The number of rotatable bonds is 4. The molecule has 5 nitrogen and oxygen atoms in total. The summed E-state index contributed by atoms with van der Waals surface area (Å²) in [4.78, 5) is 5.38. The van der Waals surface area contributed by atoms with Crippen molar-refractivity contribution >= 4 is 23.0 Å². The molecule has 0 unspecified atom stereocenters. The zero-order chi connectivity index (χ0) is 18.0. The number of para-hydroxylation sites is 1. The van der Waals surface area contributed by atoms with Gasteiger partial charge in [-0.05, 0) is 12.1 Å². The molecule has 0 radical (unpaired) electrons. The van der Waals surface area contributed by atoms with E-state index < -0.39 is 11.7 Å². The lowest BCUT2D eigenvalue weighted by Crippen LogP contribution is -2.17. The van der Waals surface area contributed by atoms with Crippen molar-refractivity contribution in [1.29, 1.82) is 0 Å². The molecular formula is C17H16F3N5. The van der Waals surface area contributed by atoms with Crippen molar-refractivity contribution in [2.45, 2.75) is 6.18 Å². The fourth-order valence-electron chi connectivity index (χ4n) is 2.43. The van der Waals surface area contributed by atoms with Crippen molar-refractivity contribution in [1.82, 2.24) is 14.8 Å². The highest BCUT2D eigenvalue weighted by atomic mass is 19.4. The van der Waals surface area contributed by atoms with E-state index in [4.69, 9.17) is 0 Å². The zero-order valence-electron chi connectivity index (χ0n) is 13.6. The Kier molecular flexibility index (Phi) is 4.35. The first-order valence-electron chi connectivity index (χ1n) is 7.47. The summed E-state index contributed by atoms with van der Waals surface area (Å²) in [5.41, 5.74) is -0.140. The maximum Gasteiger partial charge on any atom is 0.419 e. The third-order valence-corrected chi connectivity index (χ3v) is 3.77. The topological polar surface area (TPSA) is 46.0 Å². The average Bonchev–Trinajstić information content (AvgIpc) is 2.99. The number of alkyl halides is 3. The number of aryl methyl sites for hydroxylation is 1. The highest BCUT2D eigenvalue weighted by Gasteiger charge is 2.35. The predicted molar refractivity (Wildman–Crippen MR) is 90.2 cm³/mol. The molecule has 3 aromatic rings. The highest BCUT2D eigenvalue weighted by molar-refractivity contribution is 5.70. The lowest BCUT2D eigenvalue weighted by Gasteiger charge is -2.24. The van der Waals surface area contributed by atoms with Crippen LogP contribution < -0.4 is 10.2 Å². The van der Waals surface area contributed by atoms with Crippen molar-refractivity contribution in [3.8, 4) is 0 Å². The number of aromatic nitrogens is 3. The first kappa shape index (κ1) is 16.8. The number of benzene rings is 1. The maximum absolute atomic E-state index is 13.4. The second-order valence-electron chi connectivity index (χ2n) is 5.44. The van der Waals surface area contributed by atoms with Gasteiger partial charge in [-0.1, -0.05) is 18.2 Å². The Bertz CT molecular complexity index is 858. The predicted octanol–water partition coefficient (Wildman–Crippen LogP) is 4.35. The number of pyridine rings is 1. The molecule has 130 valence electrons. The van der Waals surface area contributed by atoms with E-state index in [2.05, 4.69) is 15.4 Å². The second-order valence-corrected chi connectivity index (χ2v) is 5.44. The first-order chi connectivity index (χ1) is 11.9. The minimum Gasteiger partial charge on any atom is -0.344 e. The van der Waals surface area contributed by atoms with Crippen LogP contribution >= 0.6 is 0 Å². The van der Waals surface area contributed by atoms with Crippen LogP contribution in [0.25, 0.3) is 0 Å². The molecule has 2 heterocycles. The number of hydrogen-bond acceptors (Lipinski definition) is 4. The summed E-state index contributed by atoms with van der Waals surface area (Å²) in [7, 11) is 3.32. The molecule has 0 bridgehead atoms. The van der Waals surface area contributed by atoms with Gasteiger partial charge in [0.25, 0.3) is 0 Å². The van der Waals surface area contributed by atoms with E-state index in [1.54, 1.807) is 55.3 Å². The monoisotopic (exact) mass is 347 g/mol. The van der Waals surface area contributed by atoms with Gasteiger partial charge in [-0.15, -0.1) is 0 Å². The van der Waals surface area contributed by atoms with Crippen LogP contribution in [0.1, 0.15) is 5.56 Å². The molecule has 0 saturated heterocycles. The van der Waals surface area contributed by atoms with Gasteiger partial charge in [0.2, 0.25) is 0 Å². The van der Waals surface area contributed by atoms with Crippen LogP contribution in [0.15, 0.2) is 54.9 Å². The van der Waals surface area contributed by atoms with Gasteiger partial charge in [0.05, 0.1) is 17.4 Å². The summed E-state index contributed by atoms with van der Waals surface area (Å²) >= 11 is 0. The SMILES string of the molecule is CN(c1ccccc1)c1cc(Nc2ccnn2C)ncc1C(F)(F)F. The van der Waals surface area contributed by atoms with E-state index in [1.807, 2.05) is 6.07 Å². The Morgan fingerprint density at radius 3 is 2.44 bits per heavy atom. The Morgan fingerprint density at radius 2 is 1.84 bits per heavy atom. The molecule has 1 aromatic carbocycles. The molecule has 0 aliphatic heterocycles. The molecule has 8 heteroatoms. The van der Waals surface area contributed by atoms with E-state index in [0.29, 0.717) is 17.3 Å². The lowest BCUT2D eigenvalue weighted by molar-refractivity contribution is -0.137.